The Balaban J connectivity index is 4.04. The van der Waals surface area contributed by atoms with Gasteiger partial charge in [0.25, 0.3) is 0 Å². The van der Waals surface area contributed by atoms with E-state index in [9.17, 15) is 18.5 Å². The van der Waals surface area contributed by atoms with Crippen molar-refractivity contribution in [2.75, 3.05) is 7.05 Å². The fourth-order valence-electron chi connectivity index (χ4n) is 1.85. The van der Waals surface area contributed by atoms with Gasteiger partial charge in [-0.15, -0.1) is 6.58 Å². The monoisotopic (exact) mass is 304 g/mol. The number of hydrogen-bond acceptors (Lipinski definition) is 5. The highest BCUT2D eigenvalue weighted by atomic mass is 32.2. The average Bonchev–Trinajstić information content (AvgIpc) is 2.45. The molecule has 1 amide bonds. The molecule has 0 aliphatic heterocycles. The van der Waals surface area contributed by atoms with E-state index in [4.69, 9.17) is 11.0 Å². The van der Waals surface area contributed by atoms with Gasteiger partial charge in [0.15, 0.2) is 0 Å². The number of nitriles is 2. The Morgan fingerprint density at radius 2 is 2.00 bits per heavy atom. The summed E-state index contributed by atoms with van der Waals surface area (Å²) in [6, 6.07) is 4.53. The van der Waals surface area contributed by atoms with Crippen molar-refractivity contribution in [1.82, 2.24) is 4.72 Å². The molecule has 0 heterocycles. The van der Waals surface area contributed by atoms with Crippen LogP contribution in [0.4, 0.5) is 0 Å². The van der Waals surface area contributed by atoms with E-state index >= 15 is 0 Å². The number of carbonyl (C=O) groups excluding carboxylic acids is 1. The van der Waals surface area contributed by atoms with Crippen LogP contribution in [0.15, 0.2) is 23.6 Å². The Bertz CT molecular complexity index is 798. The number of benzene rings is 1. The Morgan fingerprint density at radius 3 is 2.38 bits per heavy atom. The molecule has 1 rings (SSSR count). The summed E-state index contributed by atoms with van der Waals surface area (Å²) in [6.45, 7) is 3.50. The number of nitrogens with one attached hydrogen (secondary N) is 1. The maximum absolute atomic E-state index is 12.1. The van der Waals surface area contributed by atoms with Gasteiger partial charge in [0.1, 0.15) is 17.0 Å². The molecule has 7 nitrogen and oxygen atoms in total. The van der Waals surface area contributed by atoms with Crippen LogP contribution in [-0.2, 0) is 16.4 Å². The number of hydrogen-bond donors (Lipinski definition) is 2. The van der Waals surface area contributed by atoms with Crippen LogP contribution in [0.3, 0.4) is 0 Å². The molecule has 0 saturated heterocycles. The molecule has 0 spiro atoms. The quantitative estimate of drug-likeness (QED) is 0.747. The minimum Gasteiger partial charge on any atom is -0.366 e. The molecule has 1 aromatic rings. The van der Waals surface area contributed by atoms with Crippen LogP contribution < -0.4 is 10.5 Å². The van der Waals surface area contributed by atoms with Crippen molar-refractivity contribution >= 4 is 15.9 Å². The van der Waals surface area contributed by atoms with Crippen molar-refractivity contribution in [2.24, 2.45) is 5.73 Å². The highest BCUT2D eigenvalue weighted by Crippen LogP contribution is 2.27. The van der Waals surface area contributed by atoms with E-state index in [0.717, 1.165) is 0 Å². The number of rotatable bonds is 5. The Kier molecular flexibility index (Phi) is 4.82. The van der Waals surface area contributed by atoms with Crippen LogP contribution >= 0.6 is 0 Å². The first kappa shape index (κ1) is 16.4. The normalized spacial score (nSPS) is 10.4. The van der Waals surface area contributed by atoms with Crippen molar-refractivity contribution in [2.45, 2.75) is 11.3 Å². The van der Waals surface area contributed by atoms with Crippen LogP contribution in [0.5, 0.6) is 0 Å². The van der Waals surface area contributed by atoms with Crippen molar-refractivity contribution in [3.8, 4) is 12.1 Å². The van der Waals surface area contributed by atoms with Crippen LogP contribution in [0.2, 0.25) is 0 Å². The van der Waals surface area contributed by atoms with Crippen molar-refractivity contribution < 1.29 is 13.2 Å². The second-order valence-corrected chi connectivity index (χ2v) is 5.77. The molecule has 0 saturated carbocycles. The lowest BCUT2D eigenvalue weighted by atomic mass is 9.97. The number of amides is 1. The van der Waals surface area contributed by atoms with E-state index < -0.39 is 21.5 Å². The average molecular weight is 304 g/mol. The first-order valence-corrected chi connectivity index (χ1v) is 7.16. The summed E-state index contributed by atoms with van der Waals surface area (Å²) in [4.78, 5) is 11.1. The standard InChI is InChI=1S/C13H12N4O3S/c1-3-4-8-5-9(13(16)18)10(6-14)11(7-15)12(8)21(19,20)17-2/h3,5,17H,1,4H2,2H3,(H2,16,18). The second kappa shape index (κ2) is 6.18. The van der Waals surface area contributed by atoms with Crippen LogP contribution in [-0.4, -0.2) is 21.4 Å². The minimum absolute atomic E-state index is 0.0942. The van der Waals surface area contributed by atoms with Gasteiger partial charge in [-0.3, -0.25) is 4.79 Å². The topological polar surface area (TPSA) is 137 Å². The van der Waals surface area contributed by atoms with Gasteiger partial charge in [-0.25, -0.2) is 13.1 Å². The van der Waals surface area contributed by atoms with E-state index in [2.05, 4.69) is 11.3 Å². The van der Waals surface area contributed by atoms with Crippen molar-refractivity contribution in [1.29, 1.82) is 10.5 Å². The largest absolute Gasteiger partial charge is 0.366 e. The maximum atomic E-state index is 12.1. The lowest BCUT2D eigenvalue weighted by Crippen LogP contribution is -2.24. The zero-order chi connectivity index (χ0) is 16.2. The molecule has 0 fully saturated rings. The molecule has 3 N–H and O–H groups in total. The van der Waals surface area contributed by atoms with E-state index in [1.807, 2.05) is 0 Å². The van der Waals surface area contributed by atoms with Crippen LogP contribution in [0, 0.1) is 22.7 Å². The predicted octanol–water partition coefficient (Wildman–Crippen LogP) is 0.165. The molecule has 8 heteroatoms. The summed E-state index contributed by atoms with van der Waals surface area (Å²) in [7, 11) is -2.81. The number of allylic oxidation sites excluding steroid dienone is 1. The summed E-state index contributed by atoms with van der Waals surface area (Å²) in [5.74, 6) is -0.915. The number of nitrogens with zero attached hydrogens (tertiary/aromatic N) is 2. The summed E-state index contributed by atoms with van der Waals surface area (Å²) < 4.78 is 26.3. The molecule has 0 bridgehead atoms. The minimum atomic E-state index is -3.99. The first-order chi connectivity index (χ1) is 9.83. The summed E-state index contributed by atoms with van der Waals surface area (Å²) in [6.07, 6.45) is 1.51. The van der Waals surface area contributed by atoms with Crippen LogP contribution in [0.1, 0.15) is 27.0 Å². The van der Waals surface area contributed by atoms with E-state index in [-0.39, 0.29) is 28.0 Å². The summed E-state index contributed by atoms with van der Waals surface area (Å²) in [5, 5.41) is 18.3. The highest BCUT2D eigenvalue weighted by molar-refractivity contribution is 7.89. The number of primary amides is 1. The molecule has 21 heavy (non-hydrogen) atoms. The molecule has 0 aliphatic rings. The van der Waals surface area contributed by atoms with Gasteiger partial charge < -0.3 is 5.73 Å². The fraction of sp³-hybridized carbons (Fsp3) is 0.154. The van der Waals surface area contributed by atoms with Crippen molar-refractivity contribution in [3.05, 3.63) is 41.0 Å². The molecular weight excluding hydrogens is 292 g/mol. The Hall–Kier alpha value is -2.68. The number of nitrogens with two attached hydrogens (primary N) is 1. The zero-order valence-electron chi connectivity index (χ0n) is 11.2. The Labute approximate surface area is 122 Å². The van der Waals surface area contributed by atoms with E-state index in [1.165, 1.54) is 19.2 Å². The summed E-state index contributed by atoms with van der Waals surface area (Å²) in [5.41, 5.74) is 4.40. The zero-order valence-corrected chi connectivity index (χ0v) is 12.0. The molecule has 0 radical (unpaired) electrons. The first-order valence-electron chi connectivity index (χ1n) is 5.68. The lowest BCUT2D eigenvalue weighted by Gasteiger charge is -2.13. The molecule has 0 unspecified atom stereocenters. The smallest absolute Gasteiger partial charge is 0.250 e. The molecule has 108 valence electrons. The second-order valence-electron chi connectivity index (χ2n) is 3.95. The van der Waals surface area contributed by atoms with Gasteiger partial charge in [-0.05, 0) is 25.1 Å². The Morgan fingerprint density at radius 1 is 1.43 bits per heavy atom. The molecule has 0 aromatic heterocycles. The van der Waals surface area contributed by atoms with E-state index in [0.29, 0.717) is 0 Å². The van der Waals surface area contributed by atoms with Gasteiger partial charge in [0.2, 0.25) is 15.9 Å². The van der Waals surface area contributed by atoms with Gasteiger partial charge in [-0.1, -0.05) is 6.08 Å². The molecule has 0 aliphatic carbocycles. The van der Waals surface area contributed by atoms with Gasteiger partial charge in [0.05, 0.1) is 16.7 Å². The molecule has 0 atom stereocenters. The maximum Gasteiger partial charge on any atom is 0.250 e. The third-order valence-corrected chi connectivity index (χ3v) is 4.29. The van der Waals surface area contributed by atoms with Crippen LogP contribution in [0.25, 0.3) is 0 Å². The van der Waals surface area contributed by atoms with Crippen molar-refractivity contribution in [3.63, 3.8) is 0 Å². The lowest BCUT2D eigenvalue weighted by molar-refractivity contribution is 0.1000. The SMILES string of the molecule is C=CCc1cc(C(N)=O)c(C#N)c(C#N)c1S(=O)(=O)NC. The molecular formula is C13H12N4O3S. The highest BCUT2D eigenvalue weighted by Gasteiger charge is 2.27. The number of carbonyl (C=O) groups is 1. The summed E-state index contributed by atoms with van der Waals surface area (Å²) >= 11 is 0. The van der Waals surface area contributed by atoms with Gasteiger partial charge >= 0.3 is 0 Å². The van der Waals surface area contributed by atoms with Gasteiger partial charge in [0, 0.05) is 0 Å². The van der Waals surface area contributed by atoms with E-state index in [1.54, 1.807) is 12.1 Å². The molecule has 1 aromatic carbocycles. The van der Waals surface area contributed by atoms with Gasteiger partial charge in [-0.2, -0.15) is 10.5 Å². The fourth-order valence-corrected chi connectivity index (χ4v) is 2.96. The predicted molar refractivity (Wildman–Crippen MR) is 74.5 cm³/mol. The third kappa shape index (κ3) is 2.92. The number of sulfonamides is 1. The third-order valence-electron chi connectivity index (χ3n) is 2.75.